The van der Waals surface area contributed by atoms with Gasteiger partial charge in [0.2, 0.25) is 20.3 Å². The van der Waals surface area contributed by atoms with Crippen molar-refractivity contribution in [3.05, 3.63) is 24.3 Å². The van der Waals surface area contributed by atoms with Crippen molar-refractivity contribution in [2.75, 3.05) is 5.75 Å². The van der Waals surface area contributed by atoms with Gasteiger partial charge in [0.05, 0.1) is 16.7 Å². The Morgan fingerprint density at radius 2 is 1.62 bits per heavy atom. The van der Waals surface area contributed by atoms with E-state index >= 15 is 0 Å². The lowest BCUT2D eigenvalue weighted by Gasteiger charge is -2.56. The maximum atomic E-state index is 12.8. The first-order valence-corrected chi connectivity index (χ1v) is 11.4. The minimum absolute atomic E-state index is 0.0755. The third kappa shape index (κ3) is 3.13. The Morgan fingerprint density at radius 3 is 2.17 bits per heavy atom. The summed E-state index contributed by atoms with van der Waals surface area (Å²) >= 11 is 0. The van der Waals surface area contributed by atoms with Crippen LogP contribution in [0.5, 0.6) is 0 Å². The van der Waals surface area contributed by atoms with Gasteiger partial charge in [0, 0.05) is 0 Å². The van der Waals surface area contributed by atoms with E-state index in [4.69, 9.17) is 0 Å². The Labute approximate surface area is 144 Å². The molecule has 5 aliphatic rings. The van der Waals surface area contributed by atoms with Gasteiger partial charge in [0.1, 0.15) is 0 Å². The molecule has 4 saturated carbocycles. The van der Waals surface area contributed by atoms with Gasteiger partial charge in [-0.25, -0.2) is 13.1 Å². The van der Waals surface area contributed by atoms with E-state index in [0.29, 0.717) is 17.8 Å². The molecular formula is C17H23NO4S2. The zero-order valence-electron chi connectivity index (χ0n) is 13.5. The highest BCUT2D eigenvalue weighted by Crippen LogP contribution is 2.60. The second kappa shape index (κ2) is 5.81. The lowest BCUT2D eigenvalue weighted by Crippen LogP contribution is -2.52. The molecule has 0 aromatic carbocycles. The first-order valence-electron chi connectivity index (χ1n) is 8.65. The highest BCUT2D eigenvalue weighted by atomic mass is 32.2. The zero-order chi connectivity index (χ0) is 16.9. The quantitative estimate of drug-likeness (QED) is 0.765. The van der Waals surface area contributed by atoms with Crippen LogP contribution in [0.2, 0.25) is 0 Å². The lowest BCUT2D eigenvalue weighted by molar-refractivity contribution is -0.0391. The van der Waals surface area contributed by atoms with E-state index in [1.807, 2.05) is 0 Å². The lowest BCUT2D eigenvalue weighted by atomic mass is 9.50. The second-order valence-electron chi connectivity index (χ2n) is 8.15. The molecule has 5 rings (SSSR count). The molecule has 1 atom stereocenters. The third-order valence-electron chi connectivity index (χ3n) is 6.14. The minimum atomic E-state index is -3.54. The van der Waals surface area contributed by atoms with E-state index in [9.17, 15) is 16.8 Å². The smallest absolute Gasteiger partial charge is 0.212 e. The van der Waals surface area contributed by atoms with Crippen LogP contribution in [0.3, 0.4) is 0 Å². The highest BCUT2D eigenvalue weighted by Gasteiger charge is 2.52. The normalized spacial score (nSPS) is 40.2. The number of sulfonamides is 1. The van der Waals surface area contributed by atoms with E-state index in [1.54, 1.807) is 18.2 Å². The van der Waals surface area contributed by atoms with E-state index < -0.39 is 26.4 Å². The molecular weight excluding hydrogens is 346 g/mol. The molecule has 1 N–H and O–H groups in total. The van der Waals surface area contributed by atoms with Gasteiger partial charge in [0.15, 0.2) is 0 Å². The monoisotopic (exact) mass is 369 g/mol. The Kier molecular flexibility index (Phi) is 4.01. The number of rotatable bonds is 4. The second-order valence-corrected chi connectivity index (χ2v) is 10.8. The van der Waals surface area contributed by atoms with Crippen LogP contribution in [0.1, 0.15) is 38.5 Å². The SMILES string of the molecule is O=S(=O)=C1C=CC=CC1NS(=O)(=O)CC12CC3CC(CC(C3)C1)C2. The topological polar surface area (TPSA) is 80.3 Å². The van der Waals surface area contributed by atoms with Crippen molar-refractivity contribution in [3.63, 3.8) is 0 Å². The van der Waals surface area contributed by atoms with Crippen LogP contribution < -0.4 is 4.72 Å². The molecule has 0 saturated heterocycles. The first kappa shape index (κ1) is 16.5. The average Bonchev–Trinajstić information content (AvgIpc) is 2.44. The summed E-state index contributed by atoms with van der Waals surface area (Å²) in [7, 11) is -5.97. The van der Waals surface area contributed by atoms with Crippen LogP contribution >= 0.6 is 0 Å². The Bertz CT molecular complexity index is 793. The van der Waals surface area contributed by atoms with Gasteiger partial charge in [0.25, 0.3) is 0 Å². The van der Waals surface area contributed by atoms with Crippen LogP contribution in [0, 0.1) is 23.2 Å². The Balaban J connectivity index is 1.53. The Hall–Kier alpha value is -0.920. The van der Waals surface area contributed by atoms with Crippen LogP contribution in [0.25, 0.3) is 0 Å². The summed E-state index contributed by atoms with van der Waals surface area (Å²) in [5.74, 6) is 2.22. The number of hydrogen-bond donors (Lipinski definition) is 1. The van der Waals surface area contributed by atoms with Crippen molar-refractivity contribution in [1.29, 1.82) is 0 Å². The molecule has 0 aromatic heterocycles. The maximum Gasteiger partial charge on any atom is 0.219 e. The van der Waals surface area contributed by atoms with Gasteiger partial charge in [-0.2, -0.15) is 8.42 Å². The molecule has 0 radical (unpaired) electrons. The molecule has 0 aromatic rings. The maximum absolute atomic E-state index is 12.8. The van der Waals surface area contributed by atoms with Gasteiger partial charge in [-0.1, -0.05) is 18.2 Å². The van der Waals surface area contributed by atoms with Gasteiger partial charge in [-0.15, -0.1) is 0 Å². The number of nitrogens with one attached hydrogen (secondary N) is 1. The molecule has 0 amide bonds. The van der Waals surface area contributed by atoms with Crippen LogP contribution in [0.4, 0.5) is 0 Å². The van der Waals surface area contributed by atoms with Crippen molar-refractivity contribution in [2.24, 2.45) is 23.2 Å². The van der Waals surface area contributed by atoms with E-state index in [2.05, 4.69) is 4.72 Å². The summed E-state index contributed by atoms with van der Waals surface area (Å²) < 4.78 is 50.7. The van der Waals surface area contributed by atoms with Crippen molar-refractivity contribution >= 4 is 25.2 Å². The van der Waals surface area contributed by atoms with Gasteiger partial charge < -0.3 is 0 Å². The van der Waals surface area contributed by atoms with Gasteiger partial charge in [-0.05, 0) is 67.8 Å². The Morgan fingerprint density at radius 1 is 1.04 bits per heavy atom. The summed E-state index contributed by atoms with van der Waals surface area (Å²) in [6, 6.07) is -0.785. The summed E-state index contributed by atoms with van der Waals surface area (Å²) in [4.78, 5) is 0.0755. The van der Waals surface area contributed by atoms with Crippen LogP contribution in [-0.2, 0) is 20.3 Å². The molecule has 132 valence electrons. The molecule has 5 aliphatic carbocycles. The fraction of sp³-hybridized carbons (Fsp3) is 0.706. The van der Waals surface area contributed by atoms with Gasteiger partial charge >= 0.3 is 0 Å². The first-order chi connectivity index (χ1) is 11.3. The fourth-order valence-electron chi connectivity index (χ4n) is 5.89. The summed E-state index contributed by atoms with van der Waals surface area (Å²) in [5, 5.41) is 0. The number of allylic oxidation sites excluding steroid dienone is 2. The predicted octanol–water partition coefficient (Wildman–Crippen LogP) is 1.67. The molecule has 7 heteroatoms. The summed E-state index contributed by atoms with van der Waals surface area (Å²) in [6.07, 6.45) is 13.2. The zero-order valence-corrected chi connectivity index (χ0v) is 15.2. The van der Waals surface area contributed by atoms with E-state index in [1.165, 1.54) is 25.3 Å². The largest absolute Gasteiger partial charge is 0.219 e. The molecule has 24 heavy (non-hydrogen) atoms. The molecule has 0 heterocycles. The molecule has 4 fully saturated rings. The molecule has 5 nitrogen and oxygen atoms in total. The van der Waals surface area contributed by atoms with Crippen molar-refractivity contribution < 1.29 is 16.8 Å². The number of hydrogen-bond acceptors (Lipinski definition) is 4. The van der Waals surface area contributed by atoms with Gasteiger partial charge in [-0.3, -0.25) is 0 Å². The third-order valence-corrected chi connectivity index (χ3v) is 8.52. The summed E-state index contributed by atoms with van der Waals surface area (Å²) in [6.45, 7) is 0. The van der Waals surface area contributed by atoms with Crippen molar-refractivity contribution in [2.45, 2.75) is 44.6 Å². The molecule has 1 unspecified atom stereocenters. The van der Waals surface area contributed by atoms with Crippen molar-refractivity contribution in [1.82, 2.24) is 4.72 Å². The van der Waals surface area contributed by atoms with E-state index in [-0.39, 0.29) is 16.0 Å². The summed E-state index contributed by atoms with van der Waals surface area (Å²) in [5.41, 5.74) is -0.0917. The van der Waals surface area contributed by atoms with E-state index in [0.717, 1.165) is 19.3 Å². The highest BCUT2D eigenvalue weighted by molar-refractivity contribution is 7.89. The fourth-order valence-corrected chi connectivity index (χ4v) is 8.33. The average molecular weight is 370 g/mol. The van der Waals surface area contributed by atoms with Crippen LogP contribution in [0.15, 0.2) is 24.3 Å². The van der Waals surface area contributed by atoms with Crippen molar-refractivity contribution in [3.8, 4) is 0 Å². The molecule has 0 spiro atoms. The molecule has 4 bridgehead atoms. The van der Waals surface area contributed by atoms with Crippen LogP contribution in [-0.4, -0.2) is 33.5 Å². The predicted molar refractivity (Wildman–Crippen MR) is 93.5 cm³/mol. The minimum Gasteiger partial charge on any atom is -0.212 e. The standard InChI is InChI=1S/C17H23NO4S2/c19-23(20)16-4-2-1-3-15(16)18-24(21,22)11-17-8-12-5-13(9-17)7-14(6-12)10-17/h1-4,12-15,18H,5-11H2. The molecule has 0 aliphatic heterocycles.